The van der Waals surface area contributed by atoms with Gasteiger partial charge in [0.05, 0.1) is 11.3 Å². The van der Waals surface area contributed by atoms with Crippen LogP contribution in [0.4, 0.5) is 5.69 Å². The summed E-state index contributed by atoms with van der Waals surface area (Å²) < 4.78 is 0. The molecule has 1 saturated carbocycles. The number of hydrogen-bond donors (Lipinski definition) is 1. The molecule has 1 aliphatic rings. The van der Waals surface area contributed by atoms with Gasteiger partial charge in [0.1, 0.15) is 0 Å². The van der Waals surface area contributed by atoms with Gasteiger partial charge in [-0.05, 0) is 31.0 Å². The highest BCUT2D eigenvalue weighted by atomic mass is 35.5. The van der Waals surface area contributed by atoms with Gasteiger partial charge in [-0.2, -0.15) is 0 Å². The molecule has 0 heterocycles. The highest BCUT2D eigenvalue weighted by Gasteiger charge is 2.21. The largest absolute Gasteiger partial charge is 0.478 e. The summed E-state index contributed by atoms with van der Waals surface area (Å²) in [5.74, 6) is -0.919. The van der Waals surface area contributed by atoms with Gasteiger partial charge in [0.15, 0.2) is 0 Å². The molecule has 0 saturated heterocycles. The second kappa shape index (κ2) is 6.29. The Kier molecular flexibility index (Phi) is 4.70. The van der Waals surface area contributed by atoms with Crippen molar-refractivity contribution in [3.63, 3.8) is 0 Å². The lowest BCUT2D eigenvalue weighted by atomic mass is 10.0. The average molecular weight is 282 g/mol. The van der Waals surface area contributed by atoms with Gasteiger partial charge in [0, 0.05) is 18.1 Å². The van der Waals surface area contributed by atoms with Crippen LogP contribution in [0, 0.1) is 0 Å². The van der Waals surface area contributed by atoms with E-state index in [1.54, 1.807) is 6.07 Å². The molecule has 1 fully saturated rings. The number of hydrogen-bond acceptors (Lipinski definition) is 2. The minimum atomic E-state index is -0.919. The van der Waals surface area contributed by atoms with Crippen LogP contribution in [0.25, 0.3) is 0 Å². The van der Waals surface area contributed by atoms with E-state index in [1.165, 1.54) is 31.7 Å². The van der Waals surface area contributed by atoms with Gasteiger partial charge in [0.2, 0.25) is 0 Å². The minimum Gasteiger partial charge on any atom is -0.478 e. The van der Waals surface area contributed by atoms with Gasteiger partial charge in [0.25, 0.3) is 0 Å². The van der Waals surface area contributed by atoms with Crippen molar-refractivity contribution >= 4 is 23.3 Å². The number of carboxylic acid groups (broad SMARTS) is 1. The molecular weight excluding hydrogens is 262 g/mol. The van der Waals surface area contributed by atoms with Gasteiger partial charge < -0.3 is 10.0 Å². The zero-order valence-electron chi connectivity index (χ0n) is 11.2. The molecule has 4 heteroatoms. The van der Waals surface area contributed by atoms with Gasteiger partial charge in [-0.3, -0.25) is 0 Å². The standard InChI is InChI=1S/C15H20ClNO2/c1-17(12-6-4-2-3-5-7-12)14-9-8-11(16)10-13(14)15(18)19/h8-10,12H,2-7H2,1H3,(H,18,19). The fourth-order valence-corrected chi connectivity index (χ4v) is 3.00. The Labute approximate surface area is 119 Å². The molecule has 1 aromatic rings. The summed E-state index contributed by atoms with van der Waals surface area (Å²) in [6.45, 7) is 0. The summed E-state index contributed by atoms with van der Waals surface area (Å²) in [6, 6.07) is 5.54. The highest BCUT2D eigenvalue weighted by Crippen LogP contribution is 2.29. The molecule has 0 amide bonds. The molecule has 0 aromatic heterocycles. The first kappa shape index (κ1) is 14.2. The first-order valence-corrected chi connectivity index (χ1v) is 7.23. The van der Waals surface area contributed by atoms with Crippen molar-refractivity contribution in [1.29, 1.82) is 0 Å². The number of halogens is 1. The monoisotopic (exact) mass is 281 g/mol. The fourth-order valence-electron chi connectivity index (χ4n) is 2.83. The van der Waals surface area contributed by atoms with E-state index in [1.807, 2.05) is 13.1 Å². The van der Waals surface area contributed by atoms with Crippen LogP contribution in [0.3, 0.4) is 0 Å². The summed E-state index contributed by atoms with van der Waals surface area (Å²) in [5.41, 5.74) is 1.06. The van der Waals surface area contributed by atoms with E-state index in [-0.39, 0.29) is 0 Å². The van der Waals surface area contributed by atoms with E-state index in [0.717, 1.165) is 18.5 Å². The fraction of sp³-hybridized carbons (Fsp3) is 0.533. The van der Waals surface area contributed by atoms with Gasteiger partial charge in [-0.15, -0.1) is 0 Å². The molecule has 1 N–H and O–H groups in total. The molecule has 1 aromatic carbocycles. The van der Waals surface area contributed by atoms with Crippen LogP contribution in [0.1, 0.15) is 48.9 Å². The van der Waals surface area contributed by atoms with E-state index in [4.69, 9.17) is 11.6 Å². The third kappa shape index (κ3) is 3.41. The quantitative estimate of drug-likeness (QED) is 0.844. The van der Waals surface area contributed by atoms with Crippen LogP contribution in [0.2, 0.25) is 5.02 Å². The summed E-state index contributed by atoms with van der Waals surface area (Å²) in [4.78, 5) is 13.5. The Morgan fingerprint density at radius 3 is 2.47 bits per heavy atom. The van der Waals surface area contributed by atoms with E-state index in [0.29, 0.717) is 16.6 Å². The molecule has 0 aliphatic heterocycles. The summed E-state index contributed by atoms with van der Waals surface area (Å²) >= 11 is 5.90. The lowest BCUT2D eigenvalue weighted by Crippen LogP contribution is -2.32. The third-order valence-electron chi connectivity index (χ3n) is 3.94. The summed E-state index contributed by atoms with van der Waals surface area (Å²) in [5, 5.41) is 9.78. The number of anilines is 1. The second-order valence-corrected chi connectivity index (χ2v) is 5.66. The van der Waals surface area contributed by atoms with Crippen LogP contribution in [-0.4, -0.2) is 24.2 Å². The van der Waals surface area contributed by atoms with E-state index in [9.17, 15) is 9.90 Å². The Morgan fingerprint density at radius 2 is 1.89 bits per heavy atom. The molecule has 0 unspecified atom stereocenters. The second-order valence-electron chi connectivity index (χ2n) is 5.22. The SMILES string of the molecule is CN(c1ccc(Cl)cc1C(=O)O)C1CCCCCC1. The van der Waals surface area contributed by atoms with E-state index < -0.39 is 5.97 Å². The van der Waals surface area contributed by atoms with Crippen molar-refractivity contribution in [2.24, 2.45) is 0 Å². The van der Waals surface area contributed by atoms with Crippen LogP contribution >= 0.6 is 11.6 Å². The first-order valence-electron chi connectivity index (χ1n) is 6.85. The lowest BCUT2D eigenvalue weighted by Gasteiger charge is -2.30. The lowest BCUT2D eigenvalue weighted by molar-refractivity contribution is 0.0697. The third-order valence-corrected chi connectivity index (χ3v) is 4.18. The summed E-state index contributed by atoms with van der Waals surface area (Å²) in [7, 11) is 1.99. The number of carbonyl (C=O) groups is 1. The predicted octanol–water partition coefficient (Wildman–Crippen LogP) is 4.20. The molecular formula is C15H20ClNO2. The Bertz CT molecular complexity index is 453. The summed E-state index contributed by atoms with van der Waals surface area (Å²) in [6.07, 6.45) is 7.31. The van der Waals surface area contributed by atoms with Gasteiger partial charge in [-0.25, -0.2) is 4.79 Å². The zero-order valence-corrected chi connectivity index (χ0v) is 12.0. The average Bonchev–Trinajstić information content (AvgIpc) is 2.66. The van der Waals surface area contributed by atoms with Gasteiger partial charge >= 0.3 is 5.97 Å². The molecule has 19 heavy (non-hydrogen) atoms. The van der Waals surface area contributed by atoms with Gasteiger partial charge in [-0.1, -0.05) is 37.3 Å². The molecule has 1 aliphatic carbocycles. The Balaban J connectivity index is 2.26. The van der Waals surface area contributed by atoms with Crippen molar-refractivity contribution < 1.29 is 9.90 Å². The minimum absolute atomic E-state index is 0.291. The Hall–Kier alpha value is -1.22. The Morgan fingerprint density at radius 1 is 1.26 bits per heavy atom. The smallest absolute Gasteiger partial charge is 0.337 e. The zero-order chi connectivity index (χ0) is 13.8. The predicted molar refractivity (Wildman–Crippen MR) is 78.3 cm³/mol. The molecule has 3 nitrogen and oxygen atoms in total. The molecule has 0 atom stereocenters. The number of benzene rings is 1. The molecule has 104 valence electrons. The van der Waals surface area contributed by atoms with Crippen molar-refractivity contribution in [3.8, 4) is 0 Å². The maximum Gasteiger partial charge on any atom is 0.337 e. The van der Waals surface area contributed by atoms with Crippen LogP contribution < -0.4 is 4.90 Å². The normalized spacial score (nSPS) is 16.9. The highest BCUT2D eigenvalue weighted by molar-refractivity contribution is 6.31. The number of aromatic carboxylic acids is 1. The maximum atomic E-state index is 11.3. The van der Waals surface area contributed by atoms with Crippen molar-refractivity contribution in [3.05, 3.63) is 28.8 Å². The maximum absolute atomic E-state index is 11.3. The van der Waals surface area contributed by atoms with Crippen molar-refractivity contribution in [2.45, 2.75) is 44.6 Å². The number of rotatable bonds is 3. The van der Waals surface area contributed by atoms with E-state index >= 15 is 0 Å². The molecule has 2 rings (SSSR count). The molecule has 0 radical (unpaired) electrons. The molecule has 0 bridgehead atoms. The van der Waals surface area contributed by atoms with Crippen molar-refractivity contribution in [1.82, 2.24) is 0 Å². The first-order chi connectivity index (χ1) is 9.09. The van der Waals surface area contributed by atoms with E-state index in [2.05, 4.69) is 4.90 Å². The molecule has 0 spiro atoms. The number of nitrogens with zero attached hydrogens (tertiary/aromatic N) is 1. The van der Waals surface area contributed by atoms with Crippen LogP contribution in [-0.2, 0) is 0 Å². The number of carboxylic acids is 1. The van der Waals surface area contributed by atoms with Crippen LogP contribution in [0.5, 0.6) is 0 Å². The van der Waals surface area contributed by atoms with Crippen molar-refractivity contribution in [2.75, 3.05) is 11.9 Å². The topological polar surface area (TPSA) is 40.5 Å². The van der Waals surface area contributed by atoms with Crippen LogP contribution in [0.15, 0.2) is 18.2 Å².